The number of methoxy groups -OCH3 is 1. The van der Waals surface area contributed by atoms with Crippen LogP contribution in [-0.2, 0) is 24.4 Å². The van der Waals surface area contributed by atoms with E-state index < -0.39 is 73.9 Å². The summed E-state index contributed by atoms with van der Waals surface area (Å²) in [6.07, 6.45) is 3.33. The fourth-order valence-corrected chi connectivity index (χ4v) is 8.07. The van der Waals surface area contributed by atoms with E-state index >= 15 is 0 Å². The summed E-state index contributed by atoms with van der Waals surface area (Å²) in [7, 11) is -2.38. The van der Waals surface area contributed by atoms with Crippen molar-refractivity contribution in [2.24, 2.45) is 11.3 Å². The van der Waals surface area contributed by atoms with Gasteiger partial charge in [0.15, 0.2) is 0 Å². The van der Waals surface area contributed by atoms with Crippen LogP contribution in [0.4, 0.5) is 10.1 Å². The Bertz CT molecular complexity index is 2000. The van der Waals surface area contributed by atoms with Crippen LogP contribution in [0.25, 0.3) is 10.8 Å². The Morgan fingerprint density at radius 1 is 1.16 bits per heavy atom. The van der Waals surface area contributed by atoms with E-state index in [9.17, 15) is 27.2 Å². The summed E-state index contributed by atoms with van der Waals surface area (Å²) >= 11 is 6.33. The molecule has 1 saturated heterocycles. The fraction of sp³-hybridized carbons (Fsp3) is 0.444. The highest BCUT2D eigenvalue weighted by Crippen LogP contribution is 2.46. The number of carbonyl (C=O) groups is 3. The minimum Gasteiger partial charge on any atom is -0.494 e. The number of carbonyl (C=O) groups excluding carboxylic acids is 3. The Balaban J connectivity index is 1.32. The van der Waals surface area contributed by atoms with Gasteiger partial charge in [0.05, 0.1) is 25.1 Å². The Labute approximate surface area is 301 Å². The lowest BCUT2D eigenvalue weighted by Gasteiger charge is -2.36. The first-order valence-corrected chi connectivity index (χ1v) is 18.6. The molecule has 272 valence electrons. The molecule has 2 aromatic carbocycles. The second-order valence-electron chi connectivity index (χ2n) is 14.4. The zero-order chi connectivity index (χ0) is 36.9. The number of hydrogen-bond acceptors (Lipinski definition) is 9. The van der Waals surface area contributed by atoms with Crippen LogP contribution in [0.15, 0.2) is 61.3 Å². The normalized spacial score (nSPS) is 23.6. The summed E-state index contributed by atoms with van der Waals surface area (Å²) in [6, 6.07) is 8.85. The molecule has 3 fully saturated rings. The van der Waals surface area contributed by atoms with Crippen molar-refractivity contribution >= 4 is 55.8 Å². The molecular formula is C36H41ClFN5O7S. The van der Waals surface area contributed by atoms with Crippen molar-refractivity contribution in [3.8, 4) is 11.6 Å². The largest absolute Gasteiger partial charge is 0.494 e. The third-order valence-corrected chi connectivity index (χ3v) is 11.7. The molecule has 51 heavy (non-hydrogen) atoms. The Hall–Kier alpha value is -4.43. The molecule has 2 saturated carbocycles. The van der Waals surface area contributed by atoms with Gasteiger partial charge in [-0.1, -0.05) is 44.5 Å². The van der Waals surface area contributed by atoms with Crippen LogP contribution in [0.3, 0.4) is 0 Å². The second kappa shape index (κ2) is 13.6. The van der Waals surface area contributed by atoms with Crippen molar-refractivity contribution in [1.82, 2.24) is 19.9 Å². The third kappa shape index (κ3) is 7.48. The summed E-state index contributed by atoms with van der Waals surface area (Å²) in [5.74, 6) is -2.26. The van der Waals surface area contributed by atoms with E-state index in [1.165, 1.54) is 42.5 Å². The van der Waals surface area contributed by atoms with Crippen LogP contribution in [-0.4, -0.2) is 78.7 Å². The summed E-state index contributed by atoms with van der Waals surface area (Å²) in [6.45, 7) is 9.26. The van der Waals surface area contributed by atoms with Crippen molar-refractivity contribution in [1.29, 1.82) is 0 Å². The number of benzene rings is 2. The quantitative estimate of drug-likeness (QED) is 0.226. The van der Waals surface area contributed by atoms with Crippen LogP contribution in [0.5, 0.6) is 11.6 Å². The number of amides is 3. The average Bonchev–Trinajstić information content (AvgIpc) is 4.00. The highest BCUT2D eigenvalue weighted by atomic mass is 35.5. The van der Waals surface area contributed by atoms with E-state index in [-0.39, 0.29) is 25.3 Å². The molecule has 2 heterocycles. The second-order valence-corrected chi connectivity index (χ2v) is 16.8. The molecule has 6 rings (SSSR count). The molecule has 3 amide bonds. The predicted molar refractivity (Wildman–Crippen MR) is 190 cm³/mol. The lowest BCUT2D eigenvalue weighted by Crippen LogP contribution is -2.58. The Morgan fingerprint density at radius 3 is 2.53 bits per heavy atom. The zero-order valence-electron chi connectivity index (χ0n) is 28.7. The first kappa shape index (κ1) is 36.4. The van der Waals surface area contributed by atoms with Gasteiger partial charge in [0, 0.05) is 33.8 Å². The van der Waals surface area contributed by atoms with Crippen molar-refractivity contribution in [2.45, 2.75) is 75.4 Å². The van der Waals surface area contributed by atoms with Gasteiger partial charge in [-0.25, -0.2) is 17.8 Å². The van der Waals surface area contributed by atoms with E-state index in [2.05, 4.69) is 26.9 Å². The number of pyridine rings is 1. The number of aromatic nitrogens is 1. The number of rotatable bonds is 12. The summed E-state index contributed by atoms with van der Waals surface area (Å²) < 4.78 is 53.5. The van der Waals surface area contributed by atoms with Gasteiger partial charge in [0.2, 0.25) is 27.7 Å². The molecule has 3 aromatic rings. The Morgan fingerprint density at radius 2 is 1.90 bits per heavy atom. The van der Waals surface area contributed by atoms with Gasteiger partial charge in [-0.3, -0.25) is 19.1 Å². The smallest absolute Gasteiger partial charge is 0.259 e. The monoisotopic (exact) mass is 741 g/mol. The standard InChI is InChI=1S/C36H41ClFN5O7S/c1-6-20-17-36(20,34(46)42-51(47,48)25-11-12-25)41-31(44)28-16-24(50-32-27-14-21(37)10-13-26(27)29(49-5)18-39-32)19-43(28)33(45)30(35(2,3)4)40-23-9-7-8-22(38)15-23/h6-10,13-15,18,20,24-25,28,30,40H,1,11-12,16-17,19H2,2-5H3,(H,41,44)(H,42,46)/t20-,24-,28+,30-,36-/m1/s1. The summed E-state index contributed by atoms with van der Waals surface area (Å²) in [5.41, 5.74) is -1.89. The molecule has 2 aliphatic carbocycles. The lowest BCUT2D eigenvalue weighted by molar-refractivity contribution is -0.141. The van der Waals surface area contributed by atoms with E-state index in [0.29, 0.717) is 40.1 Å². The van der Waals surface area contributed by atoms with E-state index in [0.717, 1.165) is 0 Å². The number of likely N-dealkylation sites (tertiary alicyclic amines) is 1. The minimum absolute atomic E-state index is 0.0149. The number of nitrogens with zero attached hydrogens (tertiary/aromatic N) is 2. The molecule has 3 N–H and O–H groups in total. The molecule has 3 aliphatic rings. The van der Waals surface area contributed by atoms with Gasteiger partial charge < -0.3 is 25.0 Å². The van der Waals surface area contributed by atoms with Gasteiger partial charge in [-0.05, 0) is 61.1 Å². The van der Waals surface area contributed by atoms with E-state index in [1.807, 2.05) is 20.8 Å². The SMILES string of the molecule is C=C[C@@H]1C[C@]1(NC(=O)[C@@H]1C[C@@H](Oc2ncc(OC)c3ccc(Cl)cc23)CN1C(=O)[C@@H](Nc1cccc(F)c1)C(C)(C)C)C(=O)NS(=O)(=O)C1CC1. The number of sulfonamides is 1. The molecule has 1 aromatic heterocycles. The van der Waals surface area contributed by atoms with Gasteiger partial charge in [0.25, 0.3) is 5.91 Å². The molecule has 12 nitrogen and oxygen atoms in total. The van der Waals surface area contributed by atoms with Gasteiger partial charge >= 0.3 is 0 Å². The lowest BCUT2D eigenvalue weighted by atomic mass is 9.85. The van der Waals surface area contributed by atoms with Crippen molar-refractivity contribution in [3.63, 3.8) is 0 Å². The van der Waals surface area contributed by atoms with Gasteiger partial charge in [0.1, 0.15) is 35.3 Å². The van der Waals surface area contributed by atoms with Crippen LogP contribution in [0.1, 0.15) is 46.5 Å². The highest BCUT2D eigenvalue weighted by molar-refractivity contribution is 7.91. The minimum atomic E-state index is -3.90. The highest BCUT2D eigenvalue weighted by Gasteiger charge is 2.62. The molecule has 5 atom stereocenters. The van der Waals surface area contributed by atoms with Crippen LogP contribution in [0, 0.1) is 17.2 Å². The first-order valence-electron chi connectivity index (χ1n) is 16.7. The number of hydrogen-bond donors (Lipinski definition) is 3. The van der Waals surface area contributed by atoms with E-state index in [4.69, 9.17) is 21.1 Å². The topological polar surface area (TPSA) is 156 Å². The number of halogens is 2. The van der Waals surface area contributed by atoms with Gasteiger partial charge in [-0.2, -0.15) is 0 Å². The summed E-state index contributed by atoms with van der Waals surface area (Å²) in [5, 5.41) is 6.99. The summed E-state index contributed by atoms with van der Waals surface area (Å²) in [4.78, 5) is 48.1. The van der Waals surface area contributed by atoms with Crippen LogP contribution < -0.4 is 24.8 Å². The third-order valence-electron chi connectivity index (χ3n) is 9.62. The first-order chi connectivity index (χ1) is 24.1. The predicted octanol–water partition coefficient (Wildman–Crippen LogP) is 4.58. The molecule has 15 heteroatoms. The molecule has 0 bridgehead atoms. The number of fused-ring (bicyclic) bond motifs is 1. The maximum atomic E-state index is 14.5. The zero-order valence-corrected chi connectivity index (χ0v) is 30.3. The molecule has 0 spiro atoms. The van der Waals surface area contributed by atoms with Crippen LogP contribution in [0.2, 0.25) is 5.02 Å². The molecular weight excluding hydrogens is 701 g/mol. The number of nitrogens with one attached hydrogen (secondary N) is 3. The van der Waals surface area contributed by atoms with Gasteiger partial charge in [-0.15, -0.1) is 6.58 Å². The average molecular weight is 742 g/mol. The fourth-order valence-electron chi connectivity index (χ4n) is 6.53. The maximum Gasteiger partial charge on any atom is 0.259 e. The van der Waals surface area contributed by atoms with E-state index in [1.54, 1.807) is 24.3 Å². The molecule has 1 aliphatic heterocycles. The molecule has 0 unspecified atom stereocenters. The van der Waals surface area contributed by atoms with Crippen LogP contribution >= 0.6 is 11.6 Å². The molecule has 0 radical (unpaired) electrons. The van der Waals surface area contributed by atoms with Crippen molar-refractivity contribution in [2.75, 3.05) is 19.0 Å². The number of ether oxygens (including phenoxy) is 2. The Kier molecular flexibility index (Phi) is 9.70. The number of anilines is 1. The van der Waals surface area contributed by atoms with Crippen molar-refractivity contribution in [3.05, 3.63) is 72.2 Å². The van der Waals surface area contributed by atoms with Crippen molar-refractivity contribution < 1.29 is 36.7 Å². The maximum absolute atomic E-state index is 14.5.